The molecule has 1 aliphatic heterocycles. The maximum absolute atomic E-state index is 13.9. The lowest BCUT2D eigenvalue weighted by molar-refractivity contribution is -0.138. The molecule has 0 spiro atoms. The standard InChI is InChI=1S/C24H27F2N3O3/c1-15-5-4-6-21(16(15)2)27-22(30)14-28(3)23(31)17-9-11-29(12-10-17)24(32)19-8-7-18(25)13-20(19)26/h4-8,13,17H,9-12,14H2,1-3H3,(H,27,30). The Kier molecular flexibility index (Phi) is 7.22. The van der Waals surface area contributed by atoms with E-state index in [9.17, 15) is 23.2 Å². The number of piperidine rings is 1. The summed E-state index contributed by atoms with van der Waals surface area (Å²) in [7, 11) is 1.58. The van der Waals surface area contributed by atoms with E-state index in [0.717, 1.165) is 28.9 Å². The van der Waals surface area contributed by atoms with E-state index in [2.05, 4.69) is 5.32 Å². The Labute approximate surface area is 186 Å². The average molecular weight is 443 g/mol. The SMILES string of the molecule is Cc1cccc(NC(=O)CN(C)C(=O)C2CCN(C(=O)c3ccc(F)cc3F)CC2)c1C. The number of hydrogen-bond donors (Lipinski definition) is 1. The number of nitrogens with one attached hydrogen (secondary N) is 1. The lowest BCUT2D eigenvalue weighted by Crippen LogP contribution is -2.45. The number of aryl methyl sites for hydroxylation is 1. The van der Waals surface area contributed by atoms with Crippen LogP contribution in [0, 0.1) is 31.4 Å². The molecule has 8 heteroatoms. The van der Waals surface area contributed by atoms with Gasteiger partial charge in [0.25, 0.3) is 5.91 Å². The van der Waals surface area contributed by atoms with Crippen LogP contribution in [0.3, 0.4) is 0 Å². The lowest BCUT2D eigenvalue weighted by atomic mass is 9.95. The van der Waals surface area contributed by atoms with Crippen LogP contribution in [0.5, 0.6) is 0 Å². The summed E-state index contributed by atoms with van der Waals surface area (Å²) >= 11 is 0. The smallest absolute Gasteiger partial charge is 0.256 e. The largest absolute Gasteiger partial charge is 0.339 e. The topological polar surface area (TPSA) is 69.7 Å². The summed E-state index contributed by atoms with van der Waals surface area (Å²) in [4.78, 5) is 40.6. The van der Waals surface area contributed by atoms with Crippen molar-refractivity contribution in [1.82, 2.24) is 9.80 Å². The second-order valence-electron chi connectivity index (χ2n) is 8.18. The number of carbonyl (C=O) groups is 3. The first kappa shape index (κ1) is 23.4. The van der Waals surface area contributed by atoms with Crippen LogP contribution in [-0.4, -0.2) is 54.2 Å². The van der Waals surface area contributed by atoms with Gasteiger partial charge in [0.1, 0.15) is 11.6 Å². The third-order valence-electron chi connectivity index (χ3n) is 5.93. The van der Waals surface area contributed by atoms with Gasteiger partial charge in [0.2, 0.25) is 11.8 Å². The van der Waals surface area contributed by atoms with Gasteiger partial charge in [0.05, 0.1) is 12.1 Å². The average Bonchev–Trinajstić information content (AvgIpc) is 2.76. The molecule has 3 amide bonds. The second-order valence-corrected chi connectivity index (χ2v) is 8.18. The van der Waals surface area contributed by atoms with E-state index in [0.29, 0.717) is 18.9 Å². The van der Waals surface area contributed by atoms with Gasteiger partial charge in [-0.25, -0.2) is 8.78 Å². The summed E-state index contributed by atoms with van der Waals surface area (Å²) in [6, 6.07) is 8.50. The molecular weight excluding hydrogens is 416 g/mol. The molecule has 1 fully saturated rings. The van der Waals surface area contributed by atoms with E-state index in [1.165, 1.54) is 9.80 Å². The number of halogens is 2. The fraction of sp³-hybridized carbons (Fsp3) is 0.375. The molecule has 1 aliphatic rings. The van der Waals surface area contributed by atoms with Crippen LogP contribution in [0.4, 0.5) is 14.5 Å². The molecule has 0 bridgehead atoms. The quantitative estimate of drug-likeness (QED) is 0.769. The summed E-state index contributed by atoms with van der Waals surface area (Å²) in [6.45, 7) is 4.38. The van der Waals surface area contributed by atoms with Crippen molar-refractivity contribution in [3.63, 3.8) is 0 Å². The van der Waals surface area contributed by atoms with Crippen molar-refractivity contribution in [3.8, 4) is 0 Å². The number of rotatable bonds is 5. The molecule has 170 valence electrons. The van der Waals surface area contributed by atoms with Crippen molar-refractivity contribution < 1.29 is 23.2 Å². The van der Waals surface area contributed by atoms with Gasteiger partial charge in [-0.1, -0.05) is 12.1 Å². The number of nitrogens with zero attached hydrogens (tertiary/aromatic N) is 2. The van der Waals surface area contributed by atoms with Gasteiger partial charge in [-0.2, -0.15) is 0 Å². The van der Waals surface area contributed by atoms with Crippen molar-refractivity contribution in [2.75, 3.05) is 32.0 Å². The number of anilines is 1. The number of amides is 3. The van der Waals surface area contributed by atoms with Crippen LogP contribution < -0.4 is 5.32 Å². The number of benzene rings is 2. The maximum Gasteiger partial charge on any atom is 0.256 e. The Morgan fingerprint density at radius 1 is 1.09 bits per heavy atom. The molecular formula is C24H27F2N3O3. The molecule has 1 saturated heterocycles. The summed E-state index contributed by atoms with van der Waals surface area (Å²) < 4.78 is 27.0. The predicted octanol–water partition coefficient (Wildman–Crippen LogP) is 3.53. The molecule has 0 aromatic heterocycles. The lowest BCUT2D eigenvalue weighted by Gasteiger charge is -2.33. The van der Waals surface area contributed by atoms with Gasteiger partial charge < -0.3 is 15.1 Å². The Hall–Kier alpha value is -3.29. The molecule has 6 nitrogen and oxygen atoms in total. The van der Waals surface area contributed by atoms with E-state index in [1.807, 2.05) is 32.0 Å². The first-order valence-electron chi connectivity index (χ1n) is 10.5. The van der Waals surface area contributed by atoms with Crippen LogP contribution >= 0.6 is 0 Å². The highest BCUT2D eigenvalue weighted by Gasteiger charge is 2.31. The van der Waals surface area contributed by atoms with Crippen molar-refractivity contribution in [3.05, 3.63) is 64.7 Å². The van der Waals surface area contributed by atoms with Crippen molar-refractivity contribution in [2.45, 2.75) is 26.7 Å². The minimum atomic E-state index is -0.900. The monoisotopic (exact) mass is 443 g/mol. The first-order chi connectivity index (χ1) is 15.2. The zero-order valence-corrected chi connectivity index (χ0v) is 18.5. The highest BCUT2D eigenvalue weighted by molar-refractivity contribution is 5.96. The van der Waals surface area contributed by atoms with Crippen LogP contribution in [0.1, 0.15) is 34.3 Å². The number of likely N-dealkylation sites (N-methyl/N-ethyl adjacent to an activating group) is 1. The third-order valence-corrected chi connectivity index (χ3v) is 5.93. The van der Waals surface area contributed by atoms with E-state index < -0.39 is 17.5 Å². The molecule has 0 radical (unpaired) electrons. The van der Waals surface area contributed by atoms with Crippen LogP contribution in [0.25, 0.3) is 0 Å². The summed E-state index contributed by atoms with van der Waals surface area (Å²) in [5, 5.41) is 2.84. The summed E-state index contributed by atoms with van der Waals surface area (Å²) in [5.74, 6) is -2.93. The van der Waals surface area contributed by atoms with Crippen LogP contribution in [0.15, 0.2) is 36.4 Å². The van der Waals surface area contributed by atoms with Gasteiger partial charge in [0.15, 0.2) is 0 Å². The van der Waals surface area contributed by atoms with E-state index in [4.69, 9.17) is 0 Å². The van der Waals surface area contributed by atoms with Gasteiger partial charge in [-0.05, 0) is 56.0 Å². The molecule has 1 heterocycles. The Balaban J connectivity index is 1.52. The van der Waals surface area contributed by atoms with Crippen molar-refractivity contribution in [1.29, 1.82) is 0 Å². The van der Waals surface area contributed by atoms with Gasteiger partial charge >= 0.3 is 0 Å². The zero-order chi connectivity index (χ0) is 23.4. The molecule has 2 aromatic rings. The predicted molar refractivity (Wildman–Crippen MR) is 117 cm³/mol. The summed E-state index contributed by atoms with van der Waals surface area (Å²) in [6.07, 6.45) is 0.826. The van der Waals surface area contributed by atoms with Crippen LogP contribution in [0.2, 0.25) is 0 Å². The zero-order valence-electron chi connectivity index (χ0n) is 18.5. The van der Waals surface area contributed by atoms with Gasteiger partial charge in [-0.3, -0.25) is 14.4 Å². The van der Waals surface area contributed by atoms with Crippen LogP contribution in [-0.2, 0) is 9.59 Å². The highest BCUT2D eigenvalue weighted by Crippen LogP contribution is 2.22. The molecule has 0 aliphatic carbocycles. The minimum absolute atomic E-state index is 0.0772. The molecule has 0 unspecified atom stereocenters. The van der Waals surface area contributed by atoms with E-state index in [-0.39, 0.29) is 42.9 Å². The molecule has 1 N–H and O–H groups in total. The van der Waals surface area contributed by atoms with Gasteiger partial charge in [-0.15, -0.1) is 0 Å². The van der Waals surface area contributed by atoms with Gasteiger partial charge in [0, 0.05) is 37.8 Å². The first-order valence-corrected chi connectivity index (χ1v) is 10.5. The van der Waals surface area contributed by atoms with Crippen molar-refractivity contribution >= 4 is 23.4 Å². The Morgan fingerprint density at radius 2 is 1.78 bits per heavy atom. The molecule has 3 rings (SSSR count). The third kappa shape index (κ3) is 5.30. The number of hydrogen-bond acceptors (Lipinski definition) is 3. The second kappa shape index (κ2) is 9.89. The molecule has 2 aromatic carbocycles. The molecule has 0 saturated carbocycles. The Bertz CT molecular complexity index is 1030. The minimum Gasteiger partial charge on any atom is -0.339 e. The number of likely N-dealkylation sites (tertiary alicyclic amines) is 1. The van der Waals surface area contributed by atoms with E-state index >= 15 is 0 Å². The normalized spacial score (nSPS) is 14.2. The fourth-order valence-electron chi connectivity index (χ4n) is 3.84. The highest BCUT2D eigenvalue weighted by atomic mass is 19.1. The molecule has 0 atom stereocenters. The van der Waals surface area contributed by atoms with E-state index in [1.54, 1.807) is 7.05 Å². The summed E-state index contributed by atoms with van der Waals surface area (Å²) in [5.41, 5.74) is 2.57. The molecule has 32 heavy (non-hydrogen) atoms. The fourth-order valence-corrected chi connectivity index (χ4v) is 3.84. The van der Waals surface area contributed by atoms with Crippen molar-refractivity contribution in [2.24, 2.45) is 5.92 Å². The number of carbonyl (C=O) groups excluding carboxylic acids is 3. The Morgan fingerprint density at radius 3 is 2.44 bits per heavy atom. The maximum atomic E-state index is 13.9.